The van der Waals surface area contributed by atoms with E-state index in [4.69, 9.17) is 9.26 Å². The van der Waals surface area contributed by atoms with Crippen LogP contribution in [0.5, 0.6) is 5.75 Å². The first kappa shape index (κ1) is 17.7. The number of nitrogens with zero attached hydrogens (tertiary/aromatic N) is 2. The fourth-order valence-electron chi connectivity index (χ4n) is 2.71. The molecular formula is C20H21N3O3. The van der Waals surface area contributed by atoms with Gasteiger partial charge in [0.2, 0.25) is 17.6 Å². The molecule has 0 aliphatic rings. The molecule has 6 heteroatoms. The van der Waals surface area contributed by atoms with E-state index in [1.165, 1.54) is 0 Å². The molecular weight excluding hydrogens is 330 g/mol. The van der Waals surface area contributed by atoms with Crippen LogP contribution in [0.3, 0.4) is 0 Å². The second-order valence-corrected chi connectivity index (χ2v) is 5.93. The van der Waals surface area contributed by atoms with E-state index in [1.54, 1.807) is 7.11 Å². The molecule has 26 heavy (non-hydrogen) atoms. The van der Waals surface area contributed by atoms with Crippen LogP contribution in [0.25, 0.3) is 11.4 Å². The molecule has 0 aliphatic heterocycles. The lowest BCUT2D eigenvalue weighted by atomic mass is 10.1. The van der Waals surface area contributed by atoms with Crippen molar-refractivity contribution in [1.29, 1.82) is 0 Å². The molecule has 0 spiro atoms. The minimum Gasteiger partial charge on any atom is -0.497 e. The molecule has 1 amide bonds. The van der Waals surface area contributed by atoms with E-state index in [2.05, 4.69) is 22.4 Å². The summed E-state index contributed by atoms with van der Waals surface area (Å²) in [4.78, 5) is 16.7. The summed E-state index contributed by atoms with van der Waals surface area (Å²) in [6.07, 6.45) is 0.875. The number of para-hydroxylation sites is 1. The number of ether oxygens (including phenoxy) is 1. The van der Waals surface area contributed by atoms with Crippen LogP contribution >= 0.6 is 0 Å². The average molecular weight is 351 g/mol. The van der Waals surface area contributed by atoms with E-state index in [1.807, 2.05) is 49.4 Å². The molecule has 0 saturated carbocycles. The number of hydrogen-bond acceptors (Lipinski definition) is 5. The van der Waals surface area contributed by atoms with Gasteiger partial charge >= 0.3 is 0 Å². The van der Waals surface area contributed by atoms with Crippen LogP contribution in [0.15, 0.2) is 47.0 Å². The van der Waals surface area contributed by atoms with Gasteiger partial charge in [-0.15, -0.1) is 0 Å². The number of nitrogens with one attached hydrogen (secondary N) is 1. The molecule has 0 fully saturated rings. The van der Waals surface area contributed by atoms with Gasteiger partial charge in [0.1, 0.15) is 12.2 Å². The minimum atomic E-state index is -0.182. The van der Waals surface area contributed by atoms with Gasteiger partial charge in [-0.3, -0.25) is 4.79 Å². The molecule has 134 valence electrons. The highest BCUT2D eigenvalue weighted by atomic mass is 16.5. The molecule has 0 aliphatic carbocycles. The molecule has 1 aromatic heterocycles. The highest BCUT2D eigenvalue weighted by molar-refractivity contribution is 5.93. The Bertz CT molecular complexity index is 901. The van der Waals surface area contributed by atoms with Crippen molar-refractivity contribution < 1.29 is 14.1 Å². The number of anilines is 1. The number of methoxy groups -OCH3 is 1. The van der Waals surface area contributed by atoms with Crippen LogP contribution in [-0.4, -0.2) is 23.2 Å². The summed E-state index contributed by atoms with van der Waals surface area (Å²) in [7, 11) is 1.61. The lowest BCUT2D eigenvalue weighted by Gasteiger charge is -2.12. The molecule has 3 rings (SSSR count). The summed E-state index contributed by atoms with van der Waals surface area (Å²) in [6.45, 7) is 4.03. The standard InChI is InChI=1S/C20H21N3O3/c1-4-14-7-5-6-13(2)19(14)21-17(24)12-18-22-20(23-26-18)15-8-10-16(25-3)11-9-15/h5-11H,4,12H2,1-3H3,(H,21,24). The van der Waals surface area contributed by atoms with Gasteiger partial charge in [-0.25, -0.2) is 0 Å². The van der Waals surface area contributed by atoms with Gasteiger partial charge in [0.15, 0.2) is 0 Å². The second kappa shape index (κ2) is 7.82. The number of carbonyl (C=O) groups is 1. The monoisotopic (exact) mass is 351 g/mol. The number of aromatic nitrogens is 2. The van der Waals surface area contributed by atoms with E-state index in [0.717, 1.165) is 34.5 Å². The number of rotatable bonds is 6. The van der Waals surface area contributed by atoms with Gasteiger partial charge in [-0.05, 0) is 48.7 Å². The third-order valence-electron chi connectivity index (χ3n) is 4.13. The van der Waals surface area contributed by atoms with Crippen LogP contribution in [0.4, 0.5) is 5.69 Å². The predicted octanol–water partition coefficient (Wildman–Crippen LogP) is 3.80. The topological polar surface area (TPSA) is 77.2 Å². The molecule has 1 heterocycles. The van der Waals surface area contributed by atoms with Crippen LogP contribution in [0.1, 0.15) is 23.9 Å². The zero-order chi connectivity index (χ0) is 18.5. The number of carbonyl (C=O) groups excluding carboxylic acids is 1. The number of aryl methyl sites for hydroxylation is 2. The lowest BCUT2D eigenvalue weighted by molar-refractivity contribution is -0.115. The summed E-state index contributed by atoms with van der Waals surface area (Å²) in [5, 5.41) is 6.91. The fourth-order valence-corrected chi connectivity index (χ4v) is 2.71. The van der Waals surface area contributed by atoms with Gasteiger partial charge < -0.3 is 14.6 Å². The first-order chi connectivity index (χ1) is 12.6. The molecule has 0 atom stereocenters. The first-order valence-electron chi connectivity index (χ1n) is 8.46. The highest BCUT2D eigenvalue weighted by Crippen LogP contribution is 2.22. The van der Waals surface area contributed by atoms with E-state index >= 15 is 0 Å². The Hall–Kier alpha value is -3.15. The average Bonchev–Trinajstić information content (AvgIpc) is 3.11. The van der Waals surface area contributed by atoms with Crippen molar-refractivity contribution in [3.8, 4) is 17.1 Å². The Balaban J connectivity index is 1.70. The van der Waals surface area contributed by atoms with Crippen molar-refractivity contribution in [1.82, 2.24) is 10.1 Å². The van der Waals surface area contributed by atoms with E-state index < -0.39 is 0 Å². The predicted molar refractivity (Wildman–Crippen MR) is 99.2 cm³/mol. The van der Waals surface area contributed by atoms with Gasteiger partial charge in [-0.1, -0.05) is 30.3 Å². The Morgan fingerprint density at radius 1 is 1.19 bits per heavy atom. The Morgan fingerprint density at radius 3 is 2.65 bits per heavy atom. The third-order valence-corrected chi connectivity index (χ3v) is 4.13. The van der Waals surface area contributed by atoms with E-state index in [0.29, 0.717) is 5.82 Å². The van der Waals surface area contributed by atoms with Crippen LogP contribution in [0, 0.1) is 6.92 Å². The minimum absolute atomic E-state index is 0.0284. The van der Waals surface area contributed by atoms with Gasteiger partial charge in [0.05, 0.1) is 7.11 Å². The van der Waals surface area contributed by atoms with Gasteiger partial charge in [0.25, 0.3) is 0 Å². The molecule has 0 radical (unpaired) electrons. The smallest absolute Gasteiger partial charge is 0.236 e. The van der Waals surface area contributed by atoms with Crippen molar-refractivity contribution in [2.75, 3.05) is 12.4 Å². The van der Waals surface area contributed by atoms with Crippen LogP contribution < -0.4 is 10.1 Å². The fraction of sp³-hybridized carbons (Fsp3) is 0.250. The largest absolute Gasteiger partial charge is 0.497 e. The molecule has 1 N–H and O–H groups in total. The molecule has 0 bridgehead atoms. The van der Waals surface area contributed by atoms with E-state index in [-0.39, 0.29) is 18.2 Å². The summed E-state index contributed by atoms with van der Waals surface area (Å²) >= 11 is 0. The van der Waals surface area contributed by atoms with Crippen molar-refractivity contribution in [2.24, 2.45) is 0 Å². The zero-order valence-electron chi connectivity index (χ0n) is 15.1. The van der Waals surface area contributed by atoms with E-state index in [9.17, 15) is 4.79 Å². The molecule has 3 aromatic rings. The van der Waals surface area contributed by atoms with Crippen molar-refractivity contribution in [3.63, 3.8) is 0 Å². The Kier molecular flexibility index (Phi) is 5.31. The number of benzene rings is 2. The normalized spacial score (nSPS) is 10.6. The molecule has 6 nitrogen and oxygen atoms in total. The van der Waals surface area contributed by atoms with Crippen molar-refractivity contribution in [3.05, 3.63) is 59.5 Å². The number of amides is 1. The zero-order valence-corrected chi connectivity index (χ0v) is 15.1. The SMILES string of the molecule is CCc1cccc(C)c1NC(=O)Cc1nc(-c2ccc(OC)cc2)no1. The summed E-state index contributed by atoms with van der Waals surface area (Å²) in [6, 6.07) is 13.3. The quantitative estimate of drug-likeness (QED) is 0.731. The summed E-state index contributed by atoms with van der Waals surface area (Å²) < 4.78 is 10.3. The maximum absolute atomic E-state index is 12.4. The number of hydrogen-bond donors (Lipinski definition) is 1. The van der Waals surface area contributed by atoms with Crippen molar-refractivity contribution in [2.45, 2.75) is 26.7 Å². The molecule has 0 saturated heterocycles. The highest BCUT2D eigenvalue weighted by Gasteiger charge is 2.14. The second-order valence-electron chi connectivity index (χ2n) is 5.93. The van der Waals surface area contributed by atoms with Crippen LogP contribution in [0.2, 0.25) is 0 Å². The van der Waals surface area contributed by atoms with Gasteiger partial charge in [-0.2, -0.15) is 4.98 Å². The first-order valence-corrected chi connectivity index (χ1v) is 8.46. The molecule has 0 unspecified atom stereocenters. The van der Waals surface area contributed by atoms with Crippen LogP contribution in [-0.2, 0) is 17.6 Å². The van der Waals surface area contributed by atoms with Crippen molar-refractivity contribution >= 4 is 11.6 Å². The lowest BCUT2D eigenvalue weighted by Crippen LogP contribution is -2.16. The Morgan fingerprint density at radius 2 is 1.96 bits per heavy atom. The van der Waals surface area contributed by atoms with Gasteiger partial charge in [0, 0.05) is 11.3 Å². The maximum Gasteiger partial charge on any atom is 0.236 e. The Labute approximate surface area is 152 Å². The third kappa shape index (κ3) is 3.91. The maximum atomic E-state index is 12.4. The molecule has 2 aromatic carbocycles. The summed E-state index contributed by atoms with van der Waals surface area (Å²) in [5.74, 6) is 1.29. The summed E-state index contributed by atoms with van der Waals surface area (Å²) in [5.41, 5.74) is 3.79.